The Kier molecular flexibility index (Phi) is 8.48. The predicted octanol–water partition coefficient (Wildman–Crippen LogP) is 3.49. The highest BCUT2D eigenvalue weighted by atomic mass is 16.5. The first-order chi connectivity index (χ1) is 12.7. The number of amides is 1. The highest BCUT2D eigenvalue weighted by molar-refractivity contribution is 5.92. The van der Waals surface area contributed by atoms with Crippen LogP contribution in [0.15, 0.2) is 24.3 Å². The summed E-state index contributed by atoms with van der Waals surface area (Å²) in [5, 5.41) is 3.11. The summed E-state index contributed by atoms with van der Waals surface area (Å²) in [7, 11) is 0. The summed E-state index contributed by atoms with van der Waals surface area (Å²) < 4.78 is 11.2. The van der Waals surface area contributed by atoms with Gasteiger partial charge in [-0.3, -0.25) is 4.79 Å². The van der Waals surface area contributed by atoms with Crippen molar-refractivity contribution in [2.75, 3.05) is 32.8 Å². The number of piperidine rings is 1. The van der Waals surface area contributed by atoms with Gasteiger partial charge in [0.1, 0.15) is 0 Å². The quantitative estimate of drug-likeness (QED) is 0.685. The Labute approximate surface area is 157 Å². The summed E-state index contributed by atoms with van der Waals surface area (Å²) in [5.74, 6) is 1.40. The average molecular weight is 360 g/mol. The number of nitrogens with zero attached hydrogens (tertiary/aromatic N) is 1. The fourth-order valence-electron chi connectivity index (χ4n) is 3.21. The molecule has 0 aliphatic carbocycles. The minimum Gasteiger partial charge on any atom is -0.490 e. The van der Waals surface area contributed by atoms with Crippen molar-refractivity contribution >= 4 is 12.0 Å². The molecule has 0 saturated carbocycles. The molecule has 0 radical (unpaired) electrons. The number of ether oxygens (including phenoxy) is 2. The van der Waals surface area contributed by atoms with Crippen LogP contribution < -0.4 is 14.8 Å². The number of benzene rings is 1. The Morgan fingerprint density at radius 1 is 1.15 bits per heavy atom. The van der Waals surface area contributed by atoms with Crippen molar-refractivity contribution in [3.63, 3.8) is 0 Å². The predicted molar refractivity (Wildman–Crippen MR) is 106 cm³/mol. The second-order valence-corrected chi connectivity index (χ2v) is 6.53. The Hall–Kier alpha value is -2.01. The monoisotopic (exact) mass is 360 g/mol. The third-order valence-electron chi connectivity index (χ3n) is 4.47. The molecule has 0 unspecified atom stereocenters. The molecule has 1 heterocycles. The van der Waals surface area contributed by atoms with Gasteiger partial charge in [-0.25, -0.2) is 0 Å². The number of carbonyl (C=O) groups is 1. The maximum absolute atomic E-state index is 12.2. The average Bonchev–Trinajstić information content (AvgIpc) is 2.64. The molecule has 1 saturated heterocycles. The lowest BCUT2D eigenvalue weighted by Gasteiger charge is -2.31. The van der Waals surface area contributed by atoms with E-state index in [4.69, 9.17) is 9.47 Å². The molecule has 2 rings (SSSR count). The molecule has 144 valence electrons. The second-order valence-electron chi connectivity index (χ2n) is 6.53. The molecule has 0 bridgehead atoms. The molecular formula is C21H32N2O3. The van der Waals surface area contributed by atoms with Gasteiger partial charge in [0, 0.05) is 25.2 Å². The smallest absolute Gasteiger partial charge is 0.244 e. The largest absolute Gasteiger partial charge is 0.490 e. The van der Waals surface area contributed by atoms with Crippen molar-refractivity contribution in [1.82, 2.24) is 10.2 Å². The number of hydrogen-bond donors (Lipinski definition) is 1. The number of nitrogens with one attached hydrogen (secondary N) is 1. The van der Waals surface area contributed by atoms with E-state index in [2.05, 4.69) is 17.1 Å². The van der Waals surface area contributed by atoms with Crippen LogP contribution in [0.2, 0.25) is 0 Å². The highest BCUT2D eigenvalue weighted by Crippen LogP contribution is 2.29. The van der Waals surface area contributed by atoms with Crippen LogP contribution in [0.1, 0.15) is 45.6 Å². The molecule has 1 N–H and O–H groups in total. The van der Waals surface area contributed by atoms with Crippen LogP contribution in [-0.4, -0.2) is 49.7 Å². The fourth-order valence-corrected chi connectivity index (χ4v) is 3.21. The lowest BCUT2D eigenvalue weighted by Crippen LogP contribution is -2.44. The first-order valence-corrected chi connectivity index (χ1v) is 9.76. The van der Waals surface area contributed by atoms with Gasteiger partial charge >= 0.3 is 0 Å². The maximum Gasteiger partial charge on any atom is 0.244 e. The maximum atomic E-state index is 12.2. The molecule has 0 spiro atoms. The molecule has 1 aliphatic rings. The zero-order valence-electron chi connectivity index (χ0n) is 16.3. The second kappa shape index (κ2) is 10.9. The lowest BCUT2D eigenvalue weighted by atomic mass is 10.0. The van der Waals surface area contributed by atoms with Crippen molar-refractivity contribution in [2.24, 2.45) is 0 Å². The number of carbonyl (C=O) groups excluding carboxylic acids is 1. The van der Waals surface area contributed by atoms with Gasteiger partial charge in [0.2, 0.25) is 5.91 Å². The van der Waals surface area contributed by atoms with E-state index < -0.39 is 0 Å². The van der Waals surface area contributed by atoms with Crippen LogP contribution >= 0.6 is 0 Å². The van der Waals surface area contributed by atoms with Gasteiger partial charge in [-0.2, -0.15) is 0 Å². The van der Waals surface area contributed by atoms with E-state index in [9.17, 15) is 4.79 Å². The zero-order valence-corrected chi connectivity index (χ0v) is 16.3. The molecule has 1 aromatic rings. The number of rotatable bonds is 9. The minimum absolute atomic E-state index is 0.0363. The molecule has 0 atom stereocenters. The Morgan fingerprint density at radius 2 is 1.85 bits per heavy atom. The van der Waals surface area contributed by atoms with Crippen molar-refractivity contribution in [1.29, 1.82) is 0 Å². The van der Waals surface area contributed by atoms with Crippen molar-refractivity contribution in [2.45, 2.75) is 46.1 Å². The van der Waals surface area contributed by atoms with Crippen LogP contribution in [0, 0.1) is 0 Å². The van der Waals surface area contributed by atoms with Crippen LogP contribution in [-0.2, 0) is 4.79 Å². The van der Waals surface area contributed by atoms with Crippen molar-refractivity contribution in [3.05, 3.63) is 29.8 Å². The summed E-state index contributed by atoms with van der Waals surface area (Å²) in [5.41, 5.74) is 0.921. The van der Waals surface area contributed by atoms with E-state index in [-0.39, 0.29) is 11.9 Å². The first kappa shape index (κ1) is 20.3. The number of hydrogen-bond acceptors (Lipinski definition) is 4. The van der Waals surface area contributed by atoms with Crippen molar-refractivity contribution in [3.8, 4) is 11.5 Å². The third-order valence-corrected chi connectivity index (χ3v) is 4.47. The van der Waals surface area contributed by atoms with Gasteiger partial charge in [0.05, 0.1) is 13.2 Å². The topological polar surface area (TPSA) is 50.8 Å². The lowest BCUT2D eigenvalue weighted by molar-refractivity contribution is -0.117. The Balaban J connectivity index is 1.88. The zero-order chi connectivity index (χ0) is 18.8. The molecule has 1 aromatic carbocycles. The molecular weight excluding hydrogens is 328 g/mol. The van der Waals surface area contributed by atoms with Crippen LogP contribution in [0.25, 0.3) is 6.08 Å². The van der Waals surface area contributed by atoms with Crippen LogP contribution in [0.4, 0.5) is 0 Å². The van der Waals surface area contributed by atoms with Gasteiger partial charge in [-0.1, -0.05) is 13.0 Å². The summed E-state index contributed by atoms with van der Waals surface area (Å²) >= 11 is 0. The van der Waals surface area contributed by atoms with Crippen molar-refractivity contribution < 1.29 is 14.3 Å². The summed E-state index contributed by atoms with van der Waals surface area (Å²) in [6, 6.07) is 6.00. The van der Waals surface area contributed by atoms with Gasteiger partial charge in [-0.15, -0.1) is 0 Å². The van der Waals surface area contributed by atoms with E-state index in [0.29, 0.717) is 19.0 Å². The highest BCUT2D eigenvalue weighted by Gasteiger charge is 2.19. The minimum atomic E-state index is -0.0363. The standard InChI is InChI=1S/C21H32N2O3/c1-4-13-23-14-11-18(12-15-23)22-21(24)10-8-17-7-9-19(25-5-2)20(16-17)26-6-3/h7-10,16,18H,4-6,11-15H2,1-3H3,(H,22,24)/b10-8+. The molecule has 0 aromatic heterocycles. The van der Waals surface area contributed by atoms with Gasteiger partial charge in [0.25, 0.3) is 0 Å². The van der Waals surface area contributed by atoms with E-state index >= 15 is 0 Å². The normalized spacial score (nSPS) is 16.0. The summed E-state index contributed by atoms with van der Waals surface area (Å²) in [6.07, 6.45) is 6.66. The van der Waals surface area contributed by atoms with E-state index in [1.807, 2.05) is 38.1 Å². The van der Waals surface area contributed by atoms with Gasteiger partial charge in [-0.05, 0) is 63.4 Å². The van der Waals surface area contributed by atoms with E-state index in [0.717, 1.165) is 43.8 Å². The summed E-state index contributed by atoms with van der Waals surface area (Å²) in [6.45, 7) is 10.5. The Bertz CT molecular complexity index is 593. The van der Waals surface area contributed by atoms with Crippen LogP contribution in [0.5, 0.6) is 11.5 Å². The molecule has 5 heteroatoms. The third kappa shape index (κ3) is 6.37. The molecule has 1 amide bonds. The summed E-state index contributed by atoms with van der Waals surface area (Å²) in [4.78, 5) is 14.7. The fraction of sp³-hybridized carbons (Fsp3) is 0.571. The van der Waals surface area contributed by atoms with Gasteiger partial charge in [0.15, 0.2) is 11.5 Å². The molecule has 1 fully saturated rings. The van der Waals surface area contributed by atoms with Crippen LogP contribution in [0.3, 0.4) is 0 Å². The molecule has 1 aliphatic heterocycles. The first-order valence-electron chi connectivity index (χ1n) is 9.76. The molecule has 5 nitrogen and oxygen atoms in total. The van der Waals surface area contributed by atoms with E-state index in [1.54, 1.807) is 6.08 Å². The Morgan fingerprint density at radius 3 is 2.50 bits per heavy atom. The van der Waals surface area contributed by atoms with Gasteiger partial charge < -0.3 is 19.7 Å². The molecule has 26 heavy (non-hydrogen) atoms. The SMILES string of the molecule is CCCN1CCC(NC(=O)/C=C/c2ccc(OCC)c(OCC)c2)CC1. The number of likely N-dealkylation sites (tertiary alicyclic amines) is 1. The van der Waals surface area contributed by atoms with E-state index in [1.165, 1.54) is 6.42 Å².